The standard InChI is InChI=1S/C13H20N4O3S/c1-8(2)15-12(19)10-6-20-4-3-17(10)11(18)5-9-7-21-13(14)16-9/h7-8,10H,3-6H2,1-2H3,(H2,14,16)(H,15,19). The number of nitrogen functional groups attached to an aromatic ring is 1. The van der Waals surface area contributed by atoms with Crippen LogP contribution < -0.4 is 11.1 Å². The lowest BCUT2D eigenvalue weighted by molar-refractivity contribution is -0.148. The number of hydrogen-bond acceptors (Lipinski definition) is 6. The molecule has 0 radical (unpaired) electrons. The zero-order valence-electron chi connectivity index (χ0n) is 12.2. The minimum absolute atomic E-state index is 0.0229. The maximum absolute atomic E-state index is 12.4. The third-order valence-corrected chi connectivity index (χ3v) is 3.81. The first-order valence-electron chi connectivity index (χ1n) is 6.85. The largest absolute Gasteiger partial charge is 0.377 e. The smallest absolute Gasteiger partial charge is 0.245 e. The summed E-state index contributed by atoms with van der Waals surface area (Å²) >= 11 is 1.30. The Morgan fingerprint density at radius 2 is 2.38 bits per heavy atom. The van der Waals surface area contributed by atoms with E-state index in [1.165, 1.54) is 11.3 Å². The normalized spacial score (nSPS) is 18.8. The van der Waals surface area contributed by atoms with Gasteiger partial charge in [-0.25, -0.2) is 4.98 Å². The van der Waals surface area contributed by atoms with Gasteiger partial charge in [-0.2, -0.15) is 0 Å². The molecular formula is C13H20N4O3S. The highest BCUT2D eigenvalue weighted by Gasteiger charge is 2.33. The number of ether oxygens (including phenoxy) is 1. The first-order chi connectivity index (χ1) is 9.97. The fraction of sp³-hybridized carbons (Fsp3) is 0.615. The van der Waals surface area contributed by atoms with Crippen molar-refractivity contribution >= 4 is 28.3 Å². The van der Waals surface area contributed by atoms with Crippen LogP contribution in [0.5, 0.6) is 0 Å². The van der Waals surface area contributed by atoms with Crippen molar-refractivity contribution in [2.24, 2.45) is 0 Å². The van der Waals surface area contributed by atoms with Crippen molar-refractivity contribution < 1.29 is 14.3 Å². The molecule has 7 nitrogen and oxygen atoms in total. The first-order valence-corrected chi connectivity index (χ1v) is 7.73. The second-order valence-corrected chi connectivity index (χ2v) is 6.08. The van der Waals surface area contributed by atoms with Crippen LogP contribution in [0, 0.1) is 0 Å². The van der Waals surface area contributed by atoms with E-state index in [0.29, 0.717) is 24.0 Å². The van der Waals surface area contributed by atoms with Gasteiger partial charge in [0.1, 0.15) is 6.04 Å². The van der Waals surface area contributed by atoms with Crippen molar-refractivity contribution in [1.29, 1.82) is 0 Å². The van der Waals surface area contributed by atoms with Gasteiger partial charge in [-0.1, -0.05) is 0 Å². The van der Waals surface area contributed by atoms with Gasteiger partial charge in [0, 0.05) is 18.0 Å². The second kappa shape index (κ2) is 6.86. The maximum Gasteiger partial charge on any atom is 0.245 e. The van der Waals surface area contributed by atoms with E-state index in [1.807, 2.05) is 13.8 Å². The lowest BCUT2D eigenvalue weighted by Gasteiger charge is -2.35. The molecule has 1 atom stereocenters. The lowest BCUT2D eigenvalue weighted by Crippen LogP contribution is -2.57. The topological polar surface area (TPSA) is 97.5 Å². The van der Waals surface area contributed by atoms with E-state index >= 15 is 0 Å². The molecule has 1 saturated heterocycles. The van der Waals surface area contributed by atoms with Crippen LogP contribution in [-0.4, -0.2) is 53.5 Å². The van der Waals surface area contributed by atoms with Crippen LogP contribution in [0.25, 0.3) is 0 Å². The molecule has 2 amide bonds. The van der Waals surface area contributed by atoms with Crippen LogP contribution >= 0.6 is 11.3 Å². The molecular weight excluding hydrogens is 292 g/mol. The molecule has 1 aliphatic heterocycles. The van der Waals surface area contributed by atoms with Crippen molar-refractivity contribution in [2.75, 3.05) is 25.5 Å². The monoisotopic (exact) mass is 312 g/mol. The van der Waals surface area contributed by atoms with Crippen LogP contribution in [0.3, 0.4) is 0 Å². The van der Waals surface area contributed by atoms with Crippen LogP contribution in [0.15, 0.2) is 5.38 Å². The molecule has 2 rings (SSSR count). The Hall–Kier alpha value is -1.67. The number of rotatable bonds is 4. The summed E-state index contributed by atoms with van der Waals surface area (Å²) in [7, 11) is 0. The Morgan fingerprint density at radius 1 is 1.62 bits per heavy atom. The number of nitrogens with one attached hydrogen (secondary N) is 1. The van der Waals surface area contributed by atoms with Crippen molar-refractivity contribution in [3.05, 3.63) is 11.1 Å². The summed E-state index contributed by atoms with van der Waals surface area (Å²) in [6.07, 6.45) is 0.152. The summed E-state index contributed by atoms with van der Waals surface area (Å²) in [6.45, 7) is 4.84. The third-order valence-electron chi connectivity index (χ3n) is 3.08. The minimum atomic E-state index is -0.579. The summed E-state index contributed by atoms with van der Waals surface area (Å²) < 4.78 is 5.33. The molecule has 116 valence electrons. The van der Waals surface area contributed by atoms with E-state index < -0.39 is 6.04 Å². The molecule has 1 aromatic rings. The van der Waals surface area contributed by atoms with Crippen LogP contribution in [0.4, 0.5) is 5.13 Å². The Labute approximate surface area is 127 Å². The number of carbonyl (C=O) groups is 2. The van der Waals surface area contributed by atoms with E-state index in [1.54, 1.807) is 10.3 Å². The van der Waals surface area contributed by atoms with Crippen LogP contribution in [0.1, 0.15) is 19.5 Å². The molecule has 1 fully saturated rings. The molecule has 1 aromatic heterocycles. The number of nitrogens with zero attached hydrogens (tertiary/aromatic N) is 2. The number of anilines is 1. The molecule has 8 heteroatoms. The lowest BCUT2D eigenvalue weighted by atomic mass is 10.1. The number of nitrogens with two attached hydrogens (primary N) is 1. The molecule has 0 saturated carbocycles. The molecule has 0 aliphatic carbocycles. The van der Waals surface area contributed by atoms with Gasteiger partial charge in [0.05, 0.1) is 25.3 Å². The zero-order chi connectivity index (χ0) is 15.4. The minimum Gasteiger partial charge on any atom is -0.377 e. The highest BCUT2D eigenvalue weighted by molar-refractivity contribution is 7.13. The molecule has 3 N–H and O–H groups in total. The Bertz CT molecular complexity index is 517. The molecule has 0 bridgehead atoms. The second-order valence-electron chi connectivity index (χ2n) is 5.19. The maximum atomic E-state index is 12.4. The van der Waals surface area contributed by atoms with E-state index in [9.17, 15) is 9.59 Å². The fourth-order valence-corrected chi connectivity index (χ4v) is 2.72. The molecule has 0 aromatic carbocycles. The highest BCUT2D eigenvalue weighted by Crippen LogP contribution is 2.15. The number of hydrogen-bond donors (Lipinski definition) is 2. The van der Waals surface area contributed by atoms with Gasteiger partial charge in [-0.15, -0.1) is 11.3 Å². The highest BCUT2D eigenvalue weighted by atomic mass is 32.1. The van der Waals surface area contributed by atoms with Gasteiger partial charge in [0.25, 0.3) is 0 Å². The molecule has 21 heavy (non-hydrogen) atoms. The average molecular weight is 312 g/mol. The summed E-state index contributed by atoms with van der Waals surface area (Å²) in [5.41, 5.74) is 6.20. The summed E-state index contributed by atoms with van der Waals surface area (Å²) in [4.78, 5) is 30.2. The summed E-state index contributed by atoms with van der Waals surface area (Å²) in [5, 5.41) is 5.02. The number of thiazole rings is 1. The number of aromatic nitrogens is 1. The van der Waals surface area contributed by atoms with Gasteiger partial charge in [0.2, 0.25) is 11.8 Å². The number of morpholine rings is 1. The van der Waals surface area contributed by atoms with Crippen molar-refractivity contribution in [3.8, 4) is 0 Å². The zero-order valence-corrected chi connectivity index (χ0v) is 13.0. The summed E-state index contributed by atoms with van der Waals surface area (Å²) in [6, 6.07) is -0.556. The van der Waals surface area contributed by atoms with Crippen LogP contribution in [-0.2, 0) is 20.7 Å². The Morgan fingerprint density at radius 3 is 3.00 bits per heavy atom. The van der Waals surface area contributed by atoms with E-state index in [-0.39, 0.29) is 30.9 Å². The van der Waals surface area contributed by atoms with E-state index in [0.717, 1.165) is 0 Å². The Kier molecular flexibility index (Phi) is 5.13. The molecule has 2 heterocycles. The predicted molar refractivity (Wildman–Crippen MR) is 79.8 cm³/mol. The predicted octanol–water partition coefficient (Wildman–Crippen LogP) is 0.0198. The molecule has 1 unspecified atom stereocenters. The van der Waals surface area contributed by atoms with Crippen molar-refractivity contribution in [3.63, 3.8) is 0 Å². The SMILES string of the molecule is CC(C)NC(=O)C1COCCN1C(=O)Cc1csc(N)n1. The van der Waals surface area contributed by atoms with E-state index in [4.69, 9.17) is 10.5 Å². The number of amides is 2. The van der Waals surface area contributed by atoms with Gasteiger partial charge < -0.3 is 20.7 Å². The molecule has 1 aliphatic rings. The Balaban J connectivity index is 2.03. The van der Waals surface area contributed by atoms with Crippen molar-refractivity contribution in [1.82, 2.24) is 15.2 Å². The van der Waals surface area contributed by atoms with E-state index in [2.05, 4.69) is 10.3 Å². The quantitative estimate of drug-likeness (QED) is 0.817. The summed E-state index contributed by atoms with van der Waals surface area (Å²) in [5.74, 6) is -0.316. The molecule has 0 spiro atoms. The average Bonchev–Trinajstić information content (AvgIpc) is 2.83. The first kappa shape index (κ1) is 15.7. The van der Waals surface area contributed by atoms with Gasteiger partial charge >= 0.3 is 0 Å². The van der Waals surface area contributed by atoms with Gasteiger partial charge in [0.15, 0.2) is 5.13 Å². The van der Waals surface area contributed by atoms with Gasteiger partial charge in [-0.3, -0.25) is 9.59 Å². The van der Waals surface area contributed by atoms with Crippen LogP contribution in [0.2, 0.25) is 0 Å². The van der Waals surface area contributed by atoms with Crippen molar-refractivity contribution in [2.45, 2.75) is 32.4 Å². The third kappa shape index (κ3) is 4.15. The van der Waals surface area contributed by atoms with Gasteiger partial charge in [-0.05, 0) is 13.8 Å². The number of carbonyl (C=O) groups excluding carboxylic acids is 2. The fourth-order valence-electron chi connectivity index (χ4n) is 2.16.